The highest BCUT2D eigenvalue weighted by atomic mass is 79.9. The molecule has 0 saturated carbocycles. The molecule has 3 rings (SSSR count). The summed E-state index contributed by atoms with van der Waals surface area (Å²) in [5, 5.41) is 0. The van der Waals surface area contributed by atoms with Gasteiger partial charge < -0.3 is 4.90 Å². The zero-order valence-corrected chi connectivity index (χ0v) is 15.4. The van der Waals surface area contributed by atoms with Crippen LogP contribution in [0.1, 0.15) is 44.1 Å². The lowest BCUT2D eigenvalue weighted by atomic mass is 9.94. The van der Waals surface area contributed by atoms with Gasteiger partial charge >= 0.3 is 0 Å². The van der Waals surface area contributed by atoms with Crippen LogP contribution in [0.4, 0.5) is 0 Å². The predicted molar refractivity (Wildman–Crippen MR) is 97.2 cm³/mol. The molecule has 2 saturated heterocycles. The highest BCUT2D eigenvalue weighted by Gasteiger charge is 2.28. The maximum atomic E-state index is 12.7. The maximum absolute atomic E-state index is 12.7. The Bertz CT molecular complexity index is 501. The van der Waals surface area contributed by atoms with Gasteiger partial charge in [-0.1, -0.05) is 40.9 Å². The van der Waals surface area contributed by atoms with E-state index in [0.717, 1.165) is 50.0 Å². The molecule has 1 aromatic carbocycles. The number of carbonyl (C=O) groups excluding carboxylic acids is 1. The van der Waals surface area contributed by atoms with Crippen molar-refractivity contribution >= 4 is 21.8 Å². The Morgan fingerprint density at radius 3 is 2.17 bits per heavy atom. The molecule has 0 N–H and O–H groups in total. The van der Waals surface area contributed by atoms with Gasteiger partial charge in [0.05, 0.1) is 0 Å². The van der Waals surface area contributed by atoms with Crippen molar-refractivity contribution in [1.29, 1.82) is 0 Å². The first kappa shape index (κ1) is 17.0. The second-order valence-corrected chi connectivity index (χ2v) is 7.83. The highest BCUT2D eigenvalue weighted by molar-refractivity contribution is 9.10. The summed E-state index contributed by atoms with van der Waals surface area (Å²) in [6.07, 6.45) is 6.99. The van der Waals surface area contributed by atoms with Gasteiger partial charge in [0.15, 0.2) is 0 Å². The fourth-order valence-corrected chi connectivity index (χ4v) is 4.00. The number of halogens is 1. The van der Waals surface area contributed by atoms with Crippen molar-refractivity contribution in [3.63, 3.8) is 0 Å². The molecule has 0 radical (unpaired) electrons. The predicted octanol–water partition coefficient (Wildman–Crippen LogP) is 4.06. The van der Waals surface area contributed by atoms with E-state index in [1.807, 2.05) is 0 Å². The van der Waals surface area contributed by atoms with Gasteiger partial charge in [0.25, 0.3) is 0 Å². The molecule has 1 aromatic rings. The molecule has 1 amide bonds. The lowest BCUT2D eigenvalue weighted by Crippen LogP contribution is -2.42. The zero-order chi connectivity index (χ0) is 16.1. The van der Waals surface area contributed by atoms with E-state index < -0.39 is 0 Å². The van der Waals surface area contributed by atoms with E-state index in [1.165, 1.54) is 31.2 Å². The summed E-state index contributed by atoms with van der Waals surface area (Å²) in [5.74, 6) is 0.685. The fraction of sp³-hybridized carbons (Fsp3) is 0.632. The van der Waals surface area contributed by atoms with Crippen LogP contribution >= 0.6 is 15.9 Å². The van der Waals surface area contributed by atoms with Crippen molar-refractivity contribution < 1.29 is 4.79 Å². The second-order valence-electron chi connectivity index (χ2n) is 6.92. The highest BCUT2D eigenvalue weighted by Crippen LogP contribution is 2.23. The number of hydrogen-bond donors (Lipinski definition) is 0. The van der Waals surface area contributed by atoms with Crippen LogP contribution in [0.3, 0.4) is 0 Å². The summed E-state index contributed by atoms with van der Waals surface area (Å²) in [6, 6.07) is 8.56. The van der Waals surface area contributed by atoms with E-state index in [9.17, 15) is 4.79 Å². The van der Waals surface area contributed by atoms with Gasteiger partial charge in [-0.05, 0) is 56.5 Å². The van der Waals surface area contributed by atoms with Crippen LogP contribution in [0.2, 0.25) is 0 Å². The van der Waals surface area contributed by atoms with Crippen LogP contribution in [0.15, 0.2) is 28.7 Å². The minimum atomic E-state index is 0.259. The summed E-state index contributed by atoms with van der Waals surface area (Å²) in [4.78, 5) is 17.3. The maximum Gasteiger partial charge on any atom is 0.225 e. The standard InChI is InChI=1S/C19H27BrN2O/c20-18-7-5-16(6-8-18)15-21-13-9-17(10-14-21)19(23)22-11-3-1-2-4-12-22/h5-8,17H,1-4,9-15H2. The Morgan fingerprint density at radius 1 is 0.957 bits per heavy atom. The molecular weight excluding hydrogens is 352 g/mol. The smallest absolute Gasteiger partial charge is 0.225 e. The van der Waals surface area contributed by atoms with Crippen LogP contribution < -0.4 is 0 Å². The number of hydrogen-bond acceptors (Lipinski definition) is 2. The topological polar surface area (TPSA) is 23.6 Å². The van der Waals surface area contributed by atoms with Crippen molar-refractivity contribution in [3.8, 4) is 0 Å². The largest absolute Gasteiger partial charge is 0.342 e. The van der Waals surface area contributed by atoms with Gasteiger partial charge in [0.2, 0.25) is 5.91 Å². The van der Waals surface area contributed by atoms with Gasteiger partial charge in [-0.2, -0.15) is 0 Å². The van der Waals surface area contributed by atoms with E-state index in [1.54, 1.807) is 0 Å². The molecule has 2 heterocycles. The summed E-state index contributed by atoms with van der Waals surface area (Å²) < 4.78 is 1.13. The number of amides is 1. The Labute approximate surface area is 148 Å². The molecule has 0 bridgehead atoms. The molecule has 2 fully saturated rings. The third-order valence-electron chi connectivity index (χ3n) is 5.17. The third-order valence-corrected chi connectivity index (χ3v) is 5.70. The summed E-state index contributed by atoms with van der Waals surface area (Å²) in [5.41, 5.74) is 1.35. The Hall–Kier alpha value is -0.870. The molecule has 0 atom stereocenters. The molecule has 0 aromatic heterocycles. The minimum absolute atomic E-state index is 0.259. The Morgan fingerprint density at radius 2 is 1.57 bits per heavy atom. The number of benzene rings is 1. The molecule has 2 aliphatic rings. The lowest BCUT2D eigenvalue weighted by Gasteiger charge is -2.34. The van der Waals surface area contributed by atoms with Crippen LogP contribution in [0.5, 0.6) is 0 Å². The molecule has 3 nitrogen and oxygen atoms in total. The summed E-state index contributed by atoms with van der Waals surface area (Å²) >= 11 is 3.48. The number of rotatable bonds is 3. The minimum Gasteiger partial charge on any atom is -0.342 e. The van der Waals surface area contributed by atoms with Crippen LogP contribution in [0, 0.1) is 5.92 Å². The van der Waals surface area contributed by atoms with Crippen molar-refractivity contribution in [2.45, 2.75) is 45.1 Å². The fourth-order valence-electron chi connectivity index (χ4n) is 3.74. The number of nitrogens with zero attached hydrogens (tertiary/aromatic N) is 2. The molecule has 126 valence electrons. The van der Waals surface area contributed by atoms with Crippen molar-refractivity contribution in [1.82, 2.24) is 9.80 Å². The molecular formula is C19H27BrN2O. The van der Waals surface area contributed by atoms with E-state index in [4.69, 9.17) is 0 Å². The van der Waals surface area contributed by atoms with E-state index in [2.05, 4.69) is 50.0 Å². The average molecular weight is 379 g/mol. The Balaban J connectivity index is 1.47. The summed E-state index contributed by atoms with van der Waals surface area (Å²) in [6.45, 7) is 5.05. The van der Waals surface area contributed by atoms with Crippen molar-refractivity contribution in [3.05, 3.63) is 34.3 Å². The Kier molecular flexibility index (Phi) is 6.12. The molecule has 0 aliphatic carbocycles. The first-order valence-corrected chi connectivity index (χ1v) is 9.77. The number of piperidine rings is 1. The second kappa shape index (κ2) is 8.29. The van der Waals surface area contributed by atoms with Crippen molar-refractivity contribution in [2.75, 3.05) is 26.2 Å². The lowest BCUT2D eigenvalue weighted by molar-refractivity contribution is -0.137. The van der Waals surface area contributed by atoms with E-state index >= 15 is 0 Å². The van der Waals surface area contributed by atoms with Gasteiger partial charge in [-0.15, -0.1) is 0 Å². The van der Waals surface area contributed by atoms with Gasteiger partial charge in [-0.25, -0.2) is 0 Å². The molecule has 2 aliphatic heterocycles. The molecule has 0 unspecified atom stereocenters. The third kappa shape index (κ3) is 4.80. The average Bonchev–Trinajstić information content (AvgIpc) is 2.86. The van der Waals surface area contributed by atoms with Crippen LogP contribution in [-0.4, -0.2) is 41.9 Å². The van der Waals surface area contributed by atoms with Gasteiger partial charge in [0, 0.05) is 30.0 Å². The molecule has 23 heavy (non-hydrogen) atoms. The van der Waals surface area contributed by atoms with Gasteiger partial charge in [0.1, 0.15) is 0 Å². The molecule has 0 spiro atoms. The normalized spacial score (nSPS) is 21.2. The first-order valence-electron chi connectivity index (χ1n) is 8.98. The summed E-state index contributed by atoms with van der Waals surface area (Å²) in [7, 11) is 0. The van der Waals surface area contributed by atoms with Crippen molar-refractivity contribution in [2.24, 2.45) is 5.92 Å². The molecule has 4 heteroatoms. The number of carbonyl (C=O) groups is 1. The quantitative estimate of drug-likeness (QED) is 0.791. The van der Waals surface area contributed by atoms with Crippen LogP contribution in [0.25, 0.3) is 0 Å². The SMILES string of the molecule is O=C(C1CCN(Cc2ccc(Br)cc2)CC1)N1CCCCCC1. The van der Waals surface area contributed by atoms with E-state index in [0.29, 0.717) is 5.91 Å². The van der Waals surface area contributed by atoms with E-state index in [-0.39, 0.29) is 5.92 Å². The first-order chi connectivity index (χ1) is 11.2. The zero-order valence-electron chi connectivity index (χ0n) is 13.8. The van der Waals surface area contributed by atoms with Gasteiger partial charge in [-0.3, -0.25) is 9.69 Å². The number of likely N-dealkylation sites (tertiary alicyclic amines) is 2. The monoisotopic (exact) mass is 378 g/mol. The van der Waals surface area contributed by atoms with Crippen LogP contribution in [-0.2, 0) is 11.3 Å².